The minimum atomic E-state index is -4.63. The molecular weight excluding hydrogens is 519 g/mol. The number of hydrogen-bond acceptors (Lipinski definition) is 5. The van der Waals surface area contributed by atoms with E-state index in [1.54, 1.807) is 17.3 Å². The fourth-order valence-electron chi connectivity index (χ4n) is 5.17. The molecule has 0 spiro atoms. The van der Waals surface area contributed by atoms with Gasteiger partial charge in [-0.3, -0.25) is 9.88 Å². The maximum absolute atomic E-state index is 13.8. The molecule has 200 valence electrons. The van der Waals surface area contributed by atoms with Crippen molar-refractivity contribution in [3.8, 4) is 17.1 Å². The molecule has 4 heterocycles. The lowest BCUT2D eigenvalue weighted by molar-refractivity contribution is -0.137. The number of carbonyl (C=O) groups excluding carboxylic acids is 1. The topological polar surface area (TPSA) is 61.8 Å². The Labute approximate surface area is 223 Å². The Bertz CT molecular complexity index is 1320. The summed E-state index contributed by atoms with van der Waals surface area (Å²) < 4.78 is 46.9. The Morgan fingerprint density at radius 3 is 2.55 bits per heavy atom. The Morgan fingerprint density at radius 2 is 1.87 bits per heavy atom. The van der Waals surface area contributed by atoms with E-state index < -0.39 is 17.8 Å². The highest BCUT2D eigenvalue weighted by Gasteiger charge is 2.46. The first kappa shape index (κ1) is 26.1. The molecule has 0 saturated carbocycles. The second-order valence-corrected chi connectivity index (χ2v) is 9.70. The highest BCUT2D eigenvalue weighted by atomic mass is 35.5. The molecule has 11 heteroatoms. The molecule has 2 amide bonds. The van der Waals surface area contributed by atoms with Gasteiger partial charge in [0.15, 0.2) is 0 Å². The van der Waals surface area contributed by atoms with E-state index in [-0.39, 0.29) is 29.3 Å². The molecule has 0 bridgehead atoms. The van der Waals surface area contributed by atoms with Crippen LogP contribution >= 0.6 is 11.6 Å². The van der Waals surface area contributed by atoms with E-state index in [1.165, 1.54) is 17.0 Å². The summed E-state index contributed by atoms with van der Waals surface area (Å²) in [5.74, 6) is 0.514. The number of benzene rings is 1. The number of urea groups is 1. The third kappa shape index (κ3) is 4.84. The molecule has 2 aromatic heterocycles. The number of amides is 2. The third-order valence-corrected chi connectivity index (χ3v) is 7.24. The summed E-state index contributed by atoms with van der Waals surface area (Å²) in [7, 11) is 0. The van der Waals surface area contributed by atoms with E-state index >= 15 is 0 Å². The second-order valence-electron chi connectivity index (χ2n) is 9.26. The number of piperazine rings is 1. The van der Waals surface area contributed by atoms with Gasteiger partial charge in [-0.2, -0.15) is 13.2 Å². The molecule has 0 aliphatic carbocycles. The molecule has 0 N–H and O–H groups in total. The van der Waals surface area contributed by atoms with Crippen molar-refractivity contribution in [2.75, 3.05) is 36.0 Å². The number of halogens is 4. The fourth-order valence-corrected chi connectivity index (χ4v) is 5.35. The summed E-state index contributed by atoms with van der Waals surface area (Å²) in [5.41, 5.74) is 1.31. The molecule has 2 saturated heterocycles. The van der Waals surface area contributed by atoms with E-state index in [9.17, 15) is 18.0 Å². The van der Waals surface area contributed by atoms with Crippen LogP contribution < -0.4 is 14.5 Å². The van der Waals surface area contributed by atoms with Crippen molar-refractivity contribution < 1.29 is 22.7 Å². The van der Waals surface area contributed by atoms with E-state index in [2.05, 4.69) is 14.9 Å². The maximum Gasteiger partial charge on any atom is 0.418 e. The molecule has 2 aliphatic rings. The zero-order valence-corrected chi connectivity index (χ0v) is 21.7. The molecular formula is C27H27ClF3N5O2. The van der Waals surface area contributed by atoms with Crippen LogP contribution in [0, 0.1) is 0 Å². The standard InChI is InChI=1S/C27H27ClF3N5O2/c1-3-18-14-35-20(16-36(26(35)37)24-10-7-17(28)12-22(24)27(29,30)31)15-34(18)19-8-9-23(33-13-19)21-6-5-11-32-25(21)38-4-2/h5-13,18,20H,3-4,14-16H2,1-2H3/t18-,20+/m1/s1. The summed E-state index contributed by atoms with van der Waals surface area (Å²) in [6, 6.07) is 10.4. The largest absolute Gasteiger partial charge is 0.477 e. The molecule has 7 nitrogen and oxygen atoms in total. The molecule has 0 radical (unpaired) electrons. The van der Waals surface area contributed by atoms with E-state index in [4.69, 9.17) is 16.3 Å². The molecule has 38 heavy (non-hydrogen) atoms. The van der Waals surface area contributed by atoms with Gasteiger partial charge in [-0.05, 0) is 55.8 Å². The van der Waals surface area contributed by atoms with Crippen LogP contribution in [0.1, 0.15) is 25.8 Å². The molecule has 1 aromatic carbocycles. The van der Waals surface area contributed by atoms with Gasteiger partial charge in [0.05, 0.1) is 47.0 Å². The number of aromatic nitrogens is 2. The minimum Gasteiger partial charge on any atom is -0.477 e. The quantitative estimate of drug-likeness (QED) is 0.373. The number of alkyl halides is 3. The average molecular weight is 546 g/mol. The van der Waals surface area contributed by atoms with Crippen molar-refractivity contribution in [3.63, 3.8) is 0 Å². The Morgan fingerprint density at radius 1 is 1.05 bits per heavy atom. The Balaban J connectivity index is 1.40. The Kier molecular flexibility index (Phi) is 7.09. The van der Waals surface area contributed by atoms with Crippen LogP contribution in [0.2, 0.25) is 5.02 Å². The molecule has 2 atom stereocenters. The Hall–Kier alpha value is -3.53. The smallest absolute Gasteiger partial charge is 0.418 e. The van der Waals surface area contributed by atoms with Gasteiger partial charge in [0.25, 0.3) is 0 Å². The van der Waals surface area contributed by atoms with Gasteiger partial charge in [0.1, 0.15) is 0 Å². The van der Waals surface area contributed by atoms with Crippen LogP contribution in [0.4, 0.5) is 29.3 Å². The van der Waals surface area contributed by atoms with E-state index in [1.807, 2.05) is 38.1 Å². The molecule has 5 rings (SSSR count). The van der Waals surface area contributed by atoms with Crippen LogP contribution in [0.15, 0.2) is 54.9 Å². The number of pyridine rings is 2. The van der Waals surface area contributed by atoms with Crippen molar-refractivity contribution >= 4 is 29.0 Å². The number of nitrogens with zero attached hydrogens (tertiary/aromatic N) is 5. The number of hydrogen-bond donors (Lipinski definition) is 0. The molecule has 2 aliphatic heterocycles. The number of anilines is 2. The van der Waals surface area contributed by atoms with E-state index in [0.717, 1.165) is 29.4 Å². The highest BCUT2D eigenvalue weighted by molar-refractivity contribution is 6.30. The normalized spacial score (nSPS) is 19.6. The molecule has 2 fully saturated rings. The number of rotatable bonds is 6. The van der Waals surface area contributed by atoms with Gasteiger partial charge < -0.3 is 14.5 Å². The van der Waals surface area contributed by atoms with Crippen LogP contribution in [0.5, 0.6) is 5.88 Å². The highest BCUT2D eigenvalue weighted by Crippen LogP contribution is 2.41. The monoisotopic (exact) mass is 545 g/mol. The second kappa shape index (κ2) is 10.3. The maximum atomic E-state index is 13.8. The lowest BCUT2D eigenvalue weighted by Gasteiger charge is -2.43. The SMILES string of the molecule is CCOc1ncccc1-c1ccc(N2C[C@H]3CN(c4ccc(Cl)cc4C(F)(F)F)C(=O)N3C[C@H]2CC)cn1. The summed E-state index contributed by atoms with van der Waals surface area (Å²) in [6.45, 7) is 5.45. The number of fused-ring (bicyclic) bond motifs is 1. The van der Waals surface area contributed by atoms with Gasteiger partial charge in [0.2, 0.25) is 5.88 Å². The first-order chi connectivity index (χ1) is 18.2. The van der Waals surface area contributed by atoms with Crippen LogP contribution in [-0.4, -0.2) is 59.2 Å². The summed E-state index contributed by atoms with van der Waals surface area (Å²) in [5, 5.41) is -0.0294. The van der Waals surface area contributed by atoms with Crippen molar-refractivity contribution in [3.05, 3.63) is 65.4 Å². The van der Waals surface area contributed by atoms with Gasteiger partial charge in [0, 0.05) is 36.9 Å². The van der Waals surface area contributed by atoms with Crippen molar-refractivity contribution in [2.24, 2.45) is 0 Å². The predicted molar refractivity (Wildman–Crippen MR) is 140 cm³/mol. The first-order valence-corrected chi connectivity index (χ1v) is 12.8. The summed E-state index contributed by atoms with van der Waals surface area (Å²) in [6.07, 6.45) is -0.427. The average Bonchev–Trinajstić information content (AvgIpc) is 3.23. The summed E-state index contributed by atoms with van der Waals surface area (Å²) in [4.78, 5) is 27.3. The fraction of sp³-hybridized carbons (Fsp3) is 0.370. The zero-order valence-electron chi connectivity index (χ0n) is 21.0. The third-order valence-electron chi connectivity index (χ3n) is 7.00. The first-order valence-electron chi connectivity index (χ1n) is 12.5. The lowest BCUT2D eigenvalue weighted by atomic mass is 10.0. The van der Waals surface area contributed by atoms with Crippen molar-refractivity contribution in [2.45, 2.75) is 38.5 Å². The minimum absolute atomic E-state index is 0.00696. The van der Waals surface area contributed by atoms with Gasteiger partial charge in [-0.1, -0.05) is 18.5 Å². The lowest BCUT2D eigenvalue weighted by Crippen LogP contribution is -2.57. The van der Waals surface area contributed by atoms with Gasteiger partial charge in [-0.25, -0.2) is 9.78 Å². The summed E-state index contributed by atoms with van der Waals surface area (Å²) >= 11 is 5.85. The van der Waals surface area contributed by atoms with E-state index in [0.29, 0.717) is 25.6 Å². The van der Waals surface area contributed by atoms with Crippen molar-refractivity contribution in [1.29, 1.82) is 0 Å². The van der Waals surface area contributed by atoms with Crippen LogP contribution in [-0.2, 0) is 6.18 Å². The van der Waals surface area contributed by atoms with Crippen molar-refractivity contribution in [1.82, 2.24) is 14.9 Å². The van der Waals surface area contributed by atoms with Crippen LogP contribution in [0.25, 0.3) is 11.3 Å². The van der Waals surface area contributed by atoms with Gasteiger partial charge >= 0.3 is 12.2 Å². The predicted octanol–water partition coefficient (Wildman–Crippen LogP) is 6.12. The zero-order chi connectivity index (χ0) is 27.0. The number of carbonyl (C=O) groups is 1. The molecule has 0 unspecified atom stereocenters. The number of ether oxygens (including phenoxy) is 1. The van der Waals surface area contributed by atoms with Crippen LogP contribution in [0.3, 0.4) is 0 Å². The molecule has 3 aromatic rings. The van der Waals surface area contributed by atoms with Gasteiger partial charge in [-0.15, -0.1) is 0 Å².